The van der Waals surface area contributed by atoms with Crippen LogP contribution in [0.1, 0.15) is 42.0 Å². The Morgan fingerprint density at radius 2 is 2.00 bits per heavy atom. The molecule has 2 unspecified atom stereocenters. The highest BCUT2D eigenvalue weighted by Gasteiger charge is 2.46. The Morgan fingerprint density at radius 3 is 2.79 bits per heavy atom. The summed E-state index contributed by atoms with van der Waals surface area (Å²) in [5.74, 6) is 0.914. The summed E-state index contributed by atoms with van der Waals surface area (Å²) < 4.78 is 5.57. The molecule has 1 aliphatic heterocycles. The van der Waals surface area contributed by atoms with Gasteiger partial charge in [0, 0.05) is 11.6 Å². The molecule has 4 rings (SSSR count). The van der Waals surface area contributed by atoms with Gasteiger partial charge in [-0.3, -0.25) is 0 Å². The zero-order chi connectivity index (χ0) is 16.7. The van der Waals surface area contributed by atoms with Crippen molar-refractivity contribution in [2.45, 2.75) is 31.9 Å². The fourth-order valence-electron chi connectivity index (χ4n) is 4.22. The molecule has 2 bridgehead atoms. The van der Waals surface area contributed by atoms with Crippen molar-refractivity contribution >= 4 is 17.7 Å². The predicted octanol–water partition coefficient (Wildman–Crippen LogP) is 5.16. The van der Waals surface area contributed by atoms with Crippen LogP contribution in [0.5, 0.6) is 0 Å². The monoisotopic (exact) mass is 341 g/mol. The number of rotatable bonds is 2. The van der Waals surface area contributed by atoms with E-state index in [9.17, 15) is 4.79 Å². The fraction of sp³-hybridized carbons (Fsp3) is 0.350. The van der Waals surface area contributed by atoms with Gasteiger partial charge < -0.3 is 9.64 Å². The molecule has 0 saturated carbocycles. The van der Waals surface area contributed by atoms with Gasteiger partial charge in [-0.1, -0.05) is 54.9 Å². The van der Waals surface area contributed by atoms with Crippen LogP contribution in [-0.2, 0) is 11.3 Å². The highest BCUT2D eigenvalue weighted by Crippen LogP contribution is 2.53. The third-order valence-electron chi connectivity index (χ3n) is 5.36. The van der Waals surface area contributed by atoms with Crippen molar-refractivity contribution in [3.63, 3.8) is 0 Å². The summed E-state index contributed by atoms with van der Waals surface area (Å²) in [6.45, 7) is 3.27. The van der Waals surface area contributed by atoms with E-state index in [2.05, 4.69) is 13.0 Å². The second-order valence-corrected chi connectivity index (χ2v) is 7.14. The van der Waals surface area contributed by atoms with Gasteiger partial charge in [-0.05, 0) is 47.1 Å². The van der Waals surface area contributed by atoms with Crippen LogP contribution in [0.3, 0.4) is 0 Å². The zero-order valence-electron chi connectivity index (χ0n) is 13.6. The molecule has 1 fully saturated rings. The number of carbonyl (C=O) groups excluding carboxylic acids is 1. The number of benzene rings is 2. The van der Waals surface area contributed by atoms with Gasteiger partial charge in [0.05, 0.1) is 6.04 Å². The Hall–Kier alpha value is -2.00. The molecule has 1 heterocycles. The molecule has 0 N–H and O–H groups in total. The van der Waals surface area contributed by atoms with Crippen LogP contribution in [0.25, 0.3) is 0 Å². The topological polar surface area (TPSA) is 29.5 Å². The molecule has 2 aliphatic rings. The summed E-state index contributed by atoms with van der Waals surface area (Å²) in [4.78, 5) is 14.6. The Kier molecular flexibility index (Phi) is 3.97. The van der Waals surface area contributed by atoms with Crippen molar-refractivity contribution in [1.82, 2.24) is 4.90 Å². The number of fused-ring (bicyclic) bond motifs is 5. The number of likely N-dealkylation sites (tertiary alicyclic amines) is 1. The third kappa shape index (κ3) is 2.57. The molecule has 3 atom stereocenters. The number of halogens is 1. The molecule has 2 aromatic rings. The Balaban J connectivity index is 1.55. The molecule has 124 valence electrons. The van der Waals surface area contributed by atoms with Crippen LogP contribution in [0.4, 0.5) is 4.79 Å². The molecule has 3 nitrogen and oxygen atoms in total. The maximum atomic E-state index is 12.7. The van der Waals surface area contributed by atoms with Crippen LogP contribution in [0, 0.1) is 5.92 Å². The third-order valence-corrected chi connectivity index (χ3v) is 5.59. The molecule has 0 aromatic heterocycles. The lowest BCUT2D eigenvalue weighted by Crippen LogP contribution is -2.41. The average Bonchev–Trinajstić information content (AvgIpc) is 2.76. The second-order valence-electron chi connectivity index (χ2n) is 6.71. The van der Waals surface area contributed by atoms with Crippen LogP contribution in [0.15, 0.2) is 48.5 Å². The second kappa shape index (κ2) is 6.14. The molecule has 1 amide bonds. The predicted molar refractivity (Wildman–Crippen MR) is 94.0 cm³/mol. The summed E-state index contributed by atoms with van der Waals surface area (Å²) in [7, 11) is 0. The lowest BCUT2D eigenvalue weighted by Gasteiger charge is -2.37. The van der Waals surface area contributed by atoms with Crippen molar-refractivity contribution in [2.24, 2.45) is 5.92 Å². The summed E-state index contributed by atoms with van der Waals surface area (Å²) in [6.07, 6.45) is 0.745. The first-order valence-corrected chi connectivity index (χ1v) is 8.79. The highest BCUT2D eigenvalue weighted by atomic mass is 35.5. The number of ether oxygens (including phenoxy) is 1. The molecule has 4 heteroatoms. The molecule has 0 spiro atoms. The van der Waals surface area contributed by atoms with Gasteiger partial charge in [0.15, 0.2) is 0 Å². The molecule has 1 saturated heterocycles. The van der Waals surface area contributed by atoms with E-state index in [0.717, 1.165) is 23.6 Å². The van der Waals surface area contributed by atoms with E-state index in [0.29, 0.717) is 18.4 Å². The van der Waals surface area contributed by atoms with Crippen LogP contribution in [0.2, 0.25) is 5.02 Å². The van der Waals surface area contributed by atoms with Crippen molar-refractivity contribution in [2.75, 3.05) is 6.54 Å². The number of piperidine rings is 1. The van der Waals surface area contributed by atoms with Gasteiger partial charge in [-0.15, -0.1) is 0 Å². The lowest BCUT2D eigenvalue weighted by molar-refractivity contribution is 0.0531. The summed E-state index contributed by atoms with van der Waals surface area (Å²) in [6, 6.07) is 15.9. The average molecular weight is 342 g/mol. The zero-order valence-corrected chi connectivity index (χ0v) is 14.4. The van der Waals surface area contributed by atoms with Crippen molar-refractivity contribution in [1.29, 1.82) is 0 Å². The normalized spacial score (nSPS) is 24.6. The Labute approximate surface area is 147 Å². The first-order valence-electron chi connectivity index (χ1n) is 8.42. The van der Waals surface area contributed by atoms with Crippen molar-refractivity contribution < 1.29 is 9.53 Å². The molecule has 1 aliphatic carbocycles. The highest BCUT2D eigenvalue weighted by molar-refractivity contribution is 6.30. The number of amides is 1. The van der Waals surface area contributed by atoms with Crippen LogP contribution < -0.4 is 0 Å². The van der Waals surface area contributed by atoms with E-state index in [1.807, 2.05) is 47.4 Å². The largest absolute Gasteiger partial charge is 0.445 e. The minimum atomic E-state index is -0.234. The number of nitrogens with zero attached hydrogens (tertiary/aromatic N) is 1. The SMILES string of the molecule is C[C@H]1C2CCN(C(=O)OCc3ccccc3)C1c1cc(Cl)ccc12. The quantitative estimate of drug-likeness (QED) is 0.755. The molecule has 0 radical (unpaired) electrons. The van der Waals surface area contributed by atoms with Gasteiger partial charge in [-0.25, -0.2) is 4.79 Å². The smallest absolute Gasteiger partial charge is 0.410 e. The molecule has 2 aromatic carbocycles. The van der Waals surface area contributed by atoms with E-state index in [-0.39, 0.29) is 12.1 Å². The van der Waals surface area contributed by atoms with Gasteiger partial charge in [-0.2, -0.15) is 0 Å². The fourth-order valence-corrected chi connectivity index (χ4v) is 4.40. The number of hydrogen-bond donors (Lipinski definition) is 0. The van der Waals surface area contributed by atoms with E-state index >= 15 is 0 Å². The van der Waals surface area contributed by atoms with Gasteiger partial charge in [0.25, 0.3) is 0 Å². The van der Waals surface area contributed by atoms with Crippen LogP contribution >= 0.6 is 11.6 Å². The Morgan fingerprint density at radius 1 is 1.21 bits per heavy atom. The standard InChI is InChI=1S/C20H20ClNO2/c1-13-16-9-10-22(19(13)18-11-15(21)7-8-17(16)18)20(23)24-12-14-5-3-2-4-6-14/h2-8,11,13,16,19H,9-10,12H2,1H3/t13-,16?,19?/m0/s1. The van der Waals surface area contributed by atoms with Crippen LogP contribution in [-0.4, -0.2) is 17.5 Å². The Bertz CT molecular complexity index is 761. The minimum absolute atomic E-state index is 0.0701. The van der Waals surface area contributed by atoms with Gasteiger partial charge in [0.2, 0.25) is 0 Å². The van der Waals surface area contributed by atoms with Crippen molar-refractivity contribution in [3.05, 3.63) is 70.2 Å². The van der Waals surface area contributed by atoms with E-state index < -0.39 is 0 Å². The van der Waals surface area contributed by atoms with Gasteiger partial charge >= 0.3 is 6.09 Å². The molecular formula is C20H20ClNO2. The van der Waals surface area contributed by atoms with Gasteiger partial charge in [0.1, 0.15) is 6.61 Å². The van der Waals surface area contributed by atoms with Crippen molar-refractivity contribution in [3.8, 4) is 0 Å². The summed E-state index contributed by atoms with van der Waals surface area (Å²) in [5, 5.41) is 0.728. The number of hydrogen-bond acceptors (Lipinski definition) is 2. The first-order chi connectivity index (χ1) is 11.6. The summed E-state index contributed by atoms with van der Waals surface area (Å²) >= 11 is 6.20. The minimum Gasteiger partial charge on any atom is -0.445 e. The van der Waals surface area contributed by atoms with E-state index in [4.69, 9.17) is 16.3 Å². The van der Waals surface area contributed by atoms with E-state index in [1.54, 1.807) is 0 Å². The van der Waals surface area contributed by atoms with E-state index in [1.165, 1.54) is 11.1 Å². The lowest BCUT2D eigenvalue weighted by atomic mass is 9.86. The molecule has 24 heavy (non-hydrogen) atoms. The maximum Gasteiger partial charge on any atom is 0.410 e. The molecular weight excluding hydrogens is 322 g/mol. The first kappa shape index (κ1) is 15.5. The number of carbonyl (C=O) groups is 1. The summed E-state index contributed by atoms with van der Waals surface area (Å²) in [5.41, 5.74) is 3.54. The maximum absolute atomic E-state index is 12.7.